The van der Waals surface area contributed by atoms with E-state index in [-0.39, 0.29) is 6.04 Å². The second-order valence-corrected chi connectivity index (χ2v) is 5.17. The molecule has 16 heavy (non-hydrogen) atoms. The number of allylic oxidation sites excluding steroid dienone is 1. The summed E-state index contributed by atoms with van der Waals surface area (Å²) >= 11 is 0. The smallest absolute Gasteiger partial charge is 0.0619 e. The summed E-state index contributed by atoms with van der Waals surface area (Å²) in [7, 11) is 0. The summed E-state index contributed by atoms with van der Waals surface area (Å²) < 4.78 is 5.75. The van der Waals surface area contributed by atoms with Crippen molar-refractivity contribution in [2.45, 2.75) is 64.0 Å². The lowest BCUT2D eigenvalue weighted by molar-refractivity contribution is 0.0837. The molecule has 2 nitrogen and oxygen atoms in total. The van der Waals surface area contributed by atoms with Crippen LogP contribution in [0.5, 0.6) is 0 Å². The van der Waals surface area contributed by atoms with Crippen LogP contribution in [0.4, 0.5) is 0 Å². The molecule has 2 N–H and O–H groups in total. The van der Waals surface area contributed by atoms with Gasteiger partial charge in [0.2, 0.25) is 0 Å². The van der Waals surface area contributed by atoms with Crippen LogP contribution in [0.3, 0.4) is 0 Å². The Bertz CT molecular complexity index is 249. The van der Waals surface area contributed by atoms with E-state index in [0.29, 0.717) is 12.0 Å². The Labute approximate surface area is 99.2 Å². The van der Waals surface area contributed by atoms with Gasteiger partial charge in [-0.05, 0) is 38.5 Å². The first-order chi connectivity index (χ1) is 7.83. The number of ether oxygens (including phenoxy) is 1. The fourth-order valence-electron chi connectivity index (χ4n) is 3.11. The lowest BCUT2D eigenvalue weighted by atomic mass is 9.85. The molecule has 0 aromatic carbocycles. The second kappa shape index (κ2) is 5.83. The summed E-state index contributed by atoms with van der Waals surface area (Å²) in [4.78, 5) is 0. The summed E-state index contributed by atoms with van der Waals surface area (Å²) in [6, 6.07) is 0.255. The van der Waals surface area contributed by atoms with Crippen LogP contribution >= 0.6 is 0 Å². The van der Waals surface area contributed by atoms with Gasteiger partial charge in [0, 0.05) is 18.6 Å². The molecule has 0 saturated carbocycles. The highest BCUT2D eigenvalue weighted by atomic mass is 16.5. The van der Waals surface area contributed by atoms with E-state index in [1.54, 1.807) is 0 Å². The zero-order chi connectivity index (χ0) is 11.4. The van der Waals surface area contributed by atoms with Crippen LogP contribution in [0.1, 0.15) is 51.9 Å². The molecule has 92 valence electrons. The Hall–Kier alpha value is -0.340. The zero-order valence-corrected chi connectivity index (χ0v) is 10.5. The van der Waals surface area contributed by atoms with Crippen LogP contribution in [0.25, 0.3) is 0 Å². The Kier molecular flexibility index (Phi) is 4.42. The minimum Gasteiger partial charge on any atom is -0.378 e. The van der Waals surface area contributed by atoms with Gasteiger partial charge < -0.3 is 10.5 Å². The van der Waals surface area contributed by atoms with E-state index >= 15 is 0 Å². The fourth-order valence-corrected chi connectivity index (χ4v) is 3.11. The van der Waals surface area contributed by atoms with Crippen molar-refractivity contribution >= 4 is 0 Å². The molecule has 0 bridgehead atoms. The number of rotatable bonds is 3. The highest BCUT2D eigenvalue weighted by Crippen LogP contribution is 2.31. The van der Waals surface area contributed by atoms with Gasteiger partial charge in [-0.2, -0.15) is 0 Å². The van der Waals surface area contributed by atoms with Gasteiger partial charge >= 0.3 is 0 Å². The second-order valence-electron chi connectivity index (χ2n) is 5.17. The van der Waals surface area contributed by atoms with Crippen LogP contribution in [0.2, 0.25) is 0 Å². The van der Waals surface area contributed by atoms with Gasteiger partial charge in [-0.1, -0.05) is 25.0 Å². The number of hydrogen-bond acceptors (Lipinski definition) is 2. The molecule has 3 unspecified atom stereocenters. The van der Waals surface area contributed by atoms with Crippen molar-refractivity contribution in [2.24, 2.45) is 11.7 Å². The van der Waals surface area contributed by atoms with Crippen molar-refractivity contribution in [3.05, 3.63) is 11.6 Å². The quantitative estimate of drug-likeness (QED) is 0.746. The molecule has 2 heteroatoms. The topological polar surface area (TPSA) is 35.2 Å². The SMILES string of the molecule is CCC1OCCC1C(N)C1=CCCCCC1. The van der Waals surface area contributed by atoms with Crippen molar-refractivity contribution in [1.82, 2.24) is 0 Å². The van der Waals surface area contributed by atoms with Gasteiger partial charge in [0.1, 0.15) is 0 Å². The molecule has 0 aromatic heterocycles. The maximum absolute atomic E-state index is 6.44. The summed E-state index contributed by atoms with van der Waals surface area (Å²) in [5, 5.41) is 0. The highest BCUT2D eigenvalue weighted by Gasteiger charge is 2.33. The van der Waals surface area contributed by atoms with Crippen LogP contribution in [0.15, 0.2) is 11.6 Å². The summed E-state index contributed by atoms with van der Waals surface area (Å²) in [5.41, 5.74) is 7.95. The first kappa shape index (κ1) is 12.1. The predicted molar refractivity (Wildman–Crippen MR) is 67.3 cm³/mol. The minimum absolute atomic E-state index is 0.255. The molecule has 3 atom stereocenters. The van der Waals surface area contributed by atoms with Crippen molar-refractivity contribution < 1.29 is 4.74 Å². The van der Waals surface area contributed by atoms with Crippen LogP contribution in [0, 0.1) is 5.92 Å². The van der Waals surface area contributed by atoms with Crippen LogP contribution in [-0.4, -0.2) is 18.8 Å². The van der Waals surface area contributed by atoms with E-state index in [1.807, 2.05) is 0 Å². The van der Waals surface area contributed by atoms with E-state index in [4.69, 9.17) is 10.5 Å². The van der Waals surface area contributed by atoms with Crippen molar-refractivity contribution in [1.29, 1.82) is 0 Å². The number of nitrogens with two attached hydrogens (primary N) is 1. The summed E-state index contributed by atoms with van der Waals surface area (Å²) in [5.74, 6) is 0.564. The lowest BCUT2D eigenvalue weighted by Gasteiger charge is -2.26. The Balaban J connectivity index is 1.99. The molecule has 1 fully saturated rings. The van der Waals surface area contributed by atoms with Gasteiger partial charge in [-0.15, -0.1) is 0 Å². The predicted octanol–water partition coefficient (Wildman–Crippen LogP) is 3.02. The van der Waals surface area contributed by atoms with Crippen LogP contribution < -0.4 is 5.73 Å². The molecule has 1 aliphatic carbocycles. The third-order valence-corrected chi connectivity index (χ3v) is 4.13. The Morgan fingerprint density at radius 3 is 3.12 bits per heavy atom. The van der Waals surface area contributed by atoms with Crippen LogP contribution in [-0.2, 0) is 4.74 Å². The lowest BCUT2D eigenvalue weighted by Crippen LogP contribution is -2.36. The fraction of sp³-hybridized carbons (Fsp3) is 0.857. The molecule has 1 saturated heterocycles. The van der Waals surface area contributed by atoms with E-state index in [1.165, 1.54) is 37.7 Å². The minimum atomic E-state index is 0.255. The molecule has 1 heterocycles. The summed E-state index contributed by atoms with van der Waals surface area (Å²) in [6.45, 7) is 3.11. The molecule has 2 rings (SSSR count). The molecule has 1 aliphatic heterocycles. The monoisotopic (exact) mass is 223 g/mol. The first-order valence-electron chi connectivity index (χ1n) is 6.89. The third-order valence-electron chi connectivity index (χ3n) is 4.13. The maximum atomic E-state index is 6.44. The van der Waals surface area contributed by atoms with E-state index in [2.05, 4.69) is 13.0 Å². The Morgan fingerprint density at radius 2 is 2.31 bits per heavy atom. The molecule has 0 aromatic rings. The maximum Gasteiger partial charge on any atom is 0.0619 e. The molecular formula is C14H25NO. The van der Waals surface area contributed by atoms with E-state index in [0.717, 1.165) is 19.4 Å². The van der Waals surface area contributed by atoms with Gasteiger partial charge in [-0.3, -0.25) is 0 Å². The normalized spacial score (nSPS) is 33.2. The molecule has 0 radical (unpaired) electrons. The van der Waals surface area contributed by atoms with Gasteiger partial charge in [0.05, 0.1) is 6.10 Å². The van der Waals surface area contributed by atoms with Crippen molar-refractivity contribution in [3.8, 4) is 0 Å². The van der Waals surface area contributed by atoms with Gasteiger partial charge in [0.15, 0.2) is 0 Å². The molecule has 2 aliphatic rings. The number of hydrogen-bond donors (Lipinski definition) is 1. The Morgan fingerprint density at radius 1 is 1.44 bits per heavy atom. The van der Waals surface area contributed by atoms with Crippen molar-refractivity contribution in [2.75, 3.05) is 6.61 Å². The van der Waals surface area contributed by atoms with Crippen molar-refractivity contribution in [3.63, 3.8) is 0 Å². The average Bonchev–Trinajstić information content (AvgIpc) is 2.61. The average molecular weight is 223 g/mol. The molecule has 0 spiro atoms. The highest BCUT2D eigenvalue weighted by molar-refractivity contribution is 5.14. The first-order valence-corrected chi connectivity index (χ1v) is 6.89. The summed E-state index contributed by atoms with van der Waals surface area (Å²) in [6.07, 6.45) is 11.5. The van der Waals surface area contributed by atoms with E-state index < -0.39 is 0 Å². The largest absolute Gasteiger partial charge is 0.378 e. The molecular weight excluding hydrogens is 198 g/mol. The van der Waals surface area contributed by atoms with E-state index in [9.17, 15) is 0 Å². The van der Waals surface area contributed by atoms with Gasteiger partial charge in [0.25, 0.3) is 0 Å². The standard InChI is InChI=1S/C14H25NO/c1-2-13-12(9-10-16-13)14(15)11-7-5-3-4-6-8-11/h7,12-14H,2-6,8-10,15H2,1H3. The molecule has 0 amide bonds. The van der Waals surface area contributed by atoms with Gasteiger partial charge in [-0.25, -0.2) is 0 Å². The zero-order valence-electron chi connectivity index (χ0n) is 10.5. The third kappa shape index (κ3) is 2.67.